The highest BCUT2D eigenvalue weighted by Crippen LogP contribution is 2.30. The Morgan fingerprint density at radius 2 is 2.00 bits per heavy atom. The van der Waals surface area contributed by atoms with Crippen molar-refractivity contribution in [1.82, 2.24) is 0 Å². The molecule has 0 radical (unpaired) electrons. The van der Waals surface area contributed by atoms with Gasteiger partial charge in [-0.05, 0) is 50.7 Å². The molecular weight excluding hydrogens is 255 g/mol. The third-order valence-electron chi connectivity index (χ3n) is 4.41. The fraction of sp³-hybridized carbons (Fsp3) is 0.562. The fourth-order valence-corrected chi connectivity index (χ4v) is 2.91. The highest BCUT2D eigenvalue weighted by Gasteiger charge is 2.21. The first kappa shape index (κ1) is 14.8. The Bertz CT molecular complexity index is 493. The van der Waals surface area contributed by atoms with E-state index in [1.54, 1.807) is 13.0 Å². The number of halogens is 1. The molecule has 1 aromatic rings. The molecule has 1 amide bonds. The Balaban J connectivity index is 2.11. The molecule has 0 heterocycles. The van der Waals surface area contributed by atoms with Crippen LogP contribution < -0.4 is 11.1 Å². The SMILES string of the molecule is CCC1CCC(Nc2cc(C(N)=O)cc(F)c2C)CC1. The van der Waals surface area contributed by atoms with Crippen LogP contribution in [0.25, 0.3) is 0 Å². The summed E-state index contributed by atoms with van der Waals surface area (Å²) in [5, 5.41) is 3.38. The third-order valence-corrected chi connectivity index (χ3v) is 4.41. The molecule has 0 bridgehead atoms. The lowest BCUT2D eigenvalue weighted by molar-refractivity contribution is 0.1000. The number of carbonyl (C=O) groups excluding carboxylic acids is 1. The van der Waals surface area contributed by atoms with Crippen LogP contribution in [0.3, 0.4) is 0 Å². The van der Waals surface area contributed by atoms with Crippen LogP contribution in [0.5, 0.6) is 0 Å². The Morgan fingerprint density at radius 3 is 2.55 bits per heavy atom. The Kier molecular flexibility index (Phi) is 4.63. The van der Waals surface area contributed by atoms with Crippen molar-refractivity contribution < 1.29 is 9.18 Å². The van der Waals surface area contributed by atoms with Crippen LogP contribution in [-0.2, 0) is 0 Å². The lowest BCUT2D eigenvalue weighted by atomic mass is 9.84. The first-order chi connectivity index (χ1) is 9.51. The number of hydrogen-bond donors (Lipinski definition) is 2. The first-order valence-corrected chi connectivity index (χ1v) is 7.37. The van der Waals surface area contributed by atoms with Crippen molar-refractivity contribution in [3.05, 3.63) is 29.1 Å². The lowest BCUT2D eigenvalue weighted by Crippen LogP contribution is -2.26. The maximum absolute atomic E-state index is 13.8. The van der Waals surface area contributed by atoms with E-state index in [1.807, 2.05) is 0 Å². The van der Waals surface area contributed by atoms with Gasteiger partial charge in [0, 0.05) is 22.9 Å². The smallest absolute Gasteiger partial charge is 0.248 e. The summed E-state index contributed by atoms with van der Waals surface area (Å²) < 4.78 is 13.8. The predicted molar refractivity (Wildman–Crippen MR) is 79.3 cm³/mol. The Labute approximate surface area is 119 Å². The number of nitrogens with two attached hydrogens (primary N) is 1. The summed E-state index contributed by atoms with van der Waals surface area (Å²) in [6.45, 7) is 3.95. The normalized spacial score (nSPS) is 22.6. The molecule has 1 fully saturated rings. The molecule has 1 aromatic carbocycles. The molecule has 3 N–H and O–H groups in total. The summed E-state index contributed by atoms with van der Waals surface area (Å²) in [6.07, 6.45) is 5.86. The number of hydrogen-bond acceptors (Lipinski definition) is 2. The molecule has 0 aromatic heterocycles. The predicted octanol–water partition coefficient (Wildman–Crippen LogP) is 3.61. The van der Waals surface area contributed by atoms with Gasteiger partial charge in [-0.15, -0.1) is 0 Å². The van der Waals surface area contributed by atoms with Gasteiger partial charge in [-0.25, -0.2) is 4.39 Å². The molecule has 1 aliphatic carbocycles. The van der Waals surface area contributed by atoms with Gasteiger partial charge in [-0.2, -0.15) is 0 Å². The van der Waals surface area contributed by atoms with Gasteiger partial charge < -0.3 is 11.1 Å². The van der Waals surface area contributed by atoms with Gasteiger partial charge in [0.2, 0.25) is 5.91 Å². The number of anilines is 1. The number of amides is 1. The molecule has 0 atom stereocenters. The van der Waals surface area contributed by atoms with Crippen LogP contribution in [0.2, 0.25) is 0 Å². The Hall–Kier alpha value is -1.58. The average Bonchev–Trinajstić information content (AvgIpc) is 2.44. The average molecular weight is 278 g/mol. The number of carbonyl (C=O) groups is 1. The summed E-state index contributed by atoms with van der Waals surface area (Å²) in [5.41, 5.74) is 6.70. The molecule has 1 aliphatic rings. The Morgan fingerprint density at radius 1 is 1.35 bits per heavy atom. The minimum Gasteiger partial charge on any atom is -0.382 e. The van der Waals surface area contributed by atoms with E-state index in [0.29, 0.717) is 17.3 Å². The van der Waals surface area contributed by atoms with E-state index in [-0.39, 0.29) is 11.4 Å². The van der Waals surface area contributed by atoms with E-state index in [0.717, 1.165) is 18.8 Å². The van der Waals surface area contributed by atoms with E-state index in [1.165, 1.54) is 25.3 Å². The number of benzene rings is 1. The zero-order chi connectivity index (χ0) is 14.7. The lowest BCUT2D eigenvalue weighted by Gasteiger charge is -2.29. The second-order valence-electron chi connectivity index (χ2n) is 5.77. The van der Waals surface area contributed by atoms with Gasteiger partial charge >= 0.3 is 0 Å². The van der Waals surface area contributed by atoms with E-state index in [4.69, 9.17) is 5.73 Å². The second kappa shape index (κ2) is 6.25. The van der Waals surface area contributed by atoms with E-state index < -0.39 is 5.91 Å². The van der Waals surface area contributed by atoms with Gasteiger partial charge in [0.25, 0.3) is 0 Å². The van der Waals surface area contributed by atoms with E-state index in [9.17, 15) is 9.18 Å². The van der Waals surface area contributed by atoms with Crippen LogP contribution in [0.4, 0.5) is 10.1 Å². The molecule has 1 saturated carbocycles. The van der Waals surface area contributed by atoms with Crippen molar-refractivity contribution >= 4 is 11.6 Å². The molecule has 0 spiro atoms. The summed E-state index contributed by atoms with van der Waals surface area (Å²) in [4.78, 5) is 11.2. The number of rotatable bonds is 4. The zero-order valence-electron chi connectivity index (χ0n) is 12.2. The van der Waals surface area contributed by atoms with E-state index in [2.05, 4.69) is 12.2 Å². The topological polar surface area (TPSA) is 55.1 Å². The van der Waals surface area contributed by atoms with Gasteiger partial charge in [0.05, 0.1) is 0 Å². The monoisotopic (exact) mass is 278 g/mol. The molecule has 0 aliphatic heterocycles. The van der Waals surface area contributed by atoms with Crippen molar-refractivity contribution in [3.63, 3.8) is 0 Å². The first-order valence-electron chi connectivity index (χ1n) is 7.37. The maximum Gasteiger partial charge on any atom is 0.248 e. The summed E-state index contributed by atoms with van der Waals surface area (Å²) in [5.74, 6) is -0.157. The highest BCUT2D eigenvalue weighted by molar-refractivity contribution is 5.94. The highest BCUT2D eigenvalue weighted by atomic mass is 19.1. The zero-order valence-corrected chi connectivity index (χ0v) is 12.2. The van der Waals surface area contributed by atoms with Crippen LogP contribution in [0.15, 0.2) is 12.1 Å². The third kappa shape index (κ3) is 3.30. The molecule has 0 unspecified atom stereocenters. The summed E-state index contributed by atoms with van der Waals surface area (Å²) in [6, 6.07) is 3.22. The van der Waals surface area contributed by atoms with Crippen molar-refractivity contribution in [2.24, 2.45) is 11.7 Å². The van der Waals surface area contributed by atoms with Crippen LogP contribution in [-0.4, -0.2) is 11.9 Å². The van der Waals surface area contributed by atoms with Crippen LogP contribution in [0.1, 0.15) is 54.9 Å². The quantitative estimate of drug-likeness (QED) is 0.884. The van der Waals surface area contributed by atoms with Crippen molar-refractivity contribution in [2.45, 2.75) is 52.0 Å². The van der Waals surface area contributed by atoms with Gasteiger partial charge in [0.1, 0.15) is 5.82 Å². The second-order valence-corrected chi connectivity index (χ2v) is 5.77. The molecule has 0 saturated heterocycles. The van der Waals surface area contributed by atoms with Crippen molar-refractivity contribution in [3.8, 4) is 0 Å². The van der Waals surface area contributed by atoms with Crippen molar-refractivity contribution in [2.75, 3.05) is 5.32 Å². The summed E-state index contributed by atoms with van der Waals surface area (Å²) >= 11 is 0. The number of primary amides is 1. The molecule has 3 nitrogen and oxygen atoms in total. The molecule has 20 heavy (non-hydrogen) atoms. The minimum atomic E-state index is -0.596. The number of nitrogens with one attached hydrogen (secondary N) is 1. The molecular formula is C16H23FN2O. The fourth-order valence-electron chi connectivity index (χ4n) is 2.91. The largest absolute Gasteiger partial charge is 0.382 e. The van der Waals surface area contributed by atoms with Crippen LogP contribution >= 0.6 is 0 Å². The molecule has 2 rings (SSSR count). The van der Waals surface area contributed by atoms with Gasteiger partial charge in [-0.1, -0.05) is 13.3 Å². The molecule has 4 heteroatoms. The van der Waals surface area contributed by atoms with Crippen LogP contribution in [0, 0.1) is 18.7 Å². The van der Waals surface area contributed by atoms with E-state index >= 15 is 0 Å². The van der Waals surface area contributed by atoms with Gasteiger partial charge in [0.15, 0.2) is 0 Å². The molecule has 110 valence electrons. The summed E-state index contributed by atoms with van der Waals surface area (Å²) in [7, 11) is 0. The van der Waals surface area contributed by atoms with Gasteiger partial charge in [-0.3, -0.25) is 4.79 Å². The standard InChI is InChI=1S/C16H23FN2O/c1-3-11-4-6-13(7-5-11)19-15-9-12(16(18)20)8-14(17)10(15)2/h8-9,11,13,19H,3-7H2,1-2H3,(H2,18,20). The van der Waals surface area contributed by atoms with Crippen molar-refractivity contribution in [1.29, 1.82) is 0 Å². The maximum atomic E-state index is 13.8. The minimum absolute atomic E-state index is 0.220.